The van der Waals surface area contributed by atoms with Gasteiger partial charge >= 0.3 is 0 Å². The zero-order valence-corrected chi connectivity index (χ0v) is 17.1. The van der Waals surface area contributed by atoms with Crippen LogP contribution in [0, 0.1) is 6.92 Å². The SMILES string of the molecule is COCCCNC(=O)Cc1c(C)n(C(=O)c2ccc(Cl)cc2)c2ccc(O)cc12. The predicted molar refractivity (Wildman–Crippen MR) is 113 cm³/mol. The van der Waals surface area contributed by atoms with Crippen LogP contribution in [0.2, 0.25) is 5.02 Å². The topological polar surface area (TPSA) is 80.6 Å². The van der Waals surface area contributed by atoms with Crippen LogP contribution in [0.3, 0.4) is 0 Å². The predicted octanol–water partition coefficient (Wildman–Crippen LogP) is 3.69. The first-order valence-electron chi connectivity index (χ1n) is 9.31. The number of rotatable bonds is 7. The van der Waals surface area contributed by atoms with Crippen molar-refractivity contribution in [3.63, 3.8) is 0 Å². The van der Waals surface area contributed by atoms with Gasteiger partial charge in [-0.2, -0.15) is 0 Å². The van der Waals surface area contributed by atoms with Crippen molar-refractivity contribution < 1.29 is 19.4 Å². The van der Waals surface area contributed by atoms with Gasteiger partial charge in [0.1, 0.15) is 5.75 Å². The Morgan fingerprint density at radius 1 is 1.17 bits per heavy atom. The second kappa shape index (κ2) is 9.11. The summed E-state index contributed by atoms with van der Waals surface area (Å²) in [6.45, 7) is 2.89. The number of amides is 1. The van der Waals surface area contributed by atoms with Gasteiger partial charge in [-0.1, -0.05) is 11.6 Å². The summed E-state index contributed by atoms with van der Waals surface area (Å²) in [5, 5.41) is 14.0. The number of nitrogens with zero attached hydrogens (tertiary/aromatic N) is 1. The highest BCUT2D eigenvalue weighted by atomic mass is 35.5. The maximum absolute atomic E-state index is 13.2. The number of methoxy groups -OCH3 is 1. The minimum atomic E-state index is -0.221. The summed E-state index contributed by atoms with van der Waals surface area (Å²) in [4.78, 5) is 25.6. The zero-order chi connectivity index (χ0) is 21.0. The Kier molecular flexibility index (Phi) is 6.56. The lowest BCUT2D eigenvalue weighted by Gasteiger charge is -2.08. The molecule has 0 atom stereocenters. The highest BCUT2D eigenvalue weighted by molar-refractivity contribution is 6.30. The second-order valence-electron chi connectivity index (χ2n) is 6.79. The summed E-state index contributed by atoms with van der Waals surface area (Å²) in [6.07, 6.45) is 0.832. The van der Waals surface area contributed by atoms with Crippen LogP contribution >= 0.6 is 11.6 Å². The zero-order valence-electron chi connectivity index (χ0n) is 16.4. The minimum Gasteiger partial charge on any atom is -0.508 e. The van der Waals surface area contributed by atoms with Crippen molar-refractivity contribution in [1.82, 2.24) is 9.88 Å². The van der Waals surface area contributed by atoms with Crippen LogP contribution in [-0.2, 0) is 16.0 Å². The number of phenolic OH excluding ortho intramolecular Hbond substituents is 1. The fourth-order valence-corrected chi connectivity index (χ4v) is 3.47. The molecule has 152 valence electrons. The number of aromatic nitrogens is 1. The van der Waals surface area contributed by atoms with Crippen LogP contribution in [0.25, 0.3) is 10.9 Å². The Hall–Kier alpha value is -2.83. The highest BCUT2D eigenvalue weighted by Gasteiger charge is 2.21. The fraction of sp³-hybridized carbons (Fsp3) is 0.273. The molecule has 3 aromatic rings. The van der Waals surface area contributed by atoms with Gasteiger partial charge in [-0.15, -0.1) is 0 Å². The fourth-order valence-electron chi connectivity index (χ4n) is 3.35. The molecule has 0 saturated heterocycles. The largest absolute Gasteiger partial charge is 0.508 e. The molecular weight excluding hydrogens is 392 g/mol. The van der Waals surface area contributed by atoms with Crippen molar-refractivity contribution in [2.45, 2.75) is 19.8 Å². The number of ether oxygens (including phenoxy) is 1. The number of hydrogen-bond donors (Lipinski definition) is 2. The van der Waals surface area contributed by atoms with E-state index in [0.29, 0.717) is 45.9 Å². The van der Waals surface area contributed by atoms with Gasteiger partial charge in [0.25, 0.3) is 5.91 Å². The van der Waals surface area contributed by atoms with Crippen molar-refractivity contribution in [2.75, 3.05) is 20.3 Å². The van der Waals surface area contributed by atoms with E-state index in [9.17, 15) is 14.7 Å². The summed E-state index contributed by atoms with van der Waals surface area (Å²) in [7, 11) is 1.62. The third-order valence-electron chi connectivity index (χ3n) is 4.80. The van der Waals surface area contributed by atoms with Crippen molar-refractivity contribution in [2.24, 2.45) is 0 Å². The van der Waals surface area contributed by atoms with E-state index in [-0.39, 0.29) is 24.0 Å². The minimum absolute atomic E-state index is 0.0790. The Morgan fingerprint density at radius 2 is 1.90 bits per heavy atom. The molecule has 1 heterocycles. The second-order valence-corrected chi connectivity index (χ2v) is 7.22. The first-order chi connectivity index (χ1) is 13.9. The molecule has 0 spiro atoms. The van der Waals surface area contributed by atoms with Crippen molar-refractivity contribution in [1.29, 1.82) is 0 Å². The van der Waals surface area contributed by atoms with Crippen LogP contribution in [-0.4, -0.2) is 41.7 Å². The van der Waals surface area contributed by atoms with E-state index in [4.69, 9.17) is 16.3 Å². The number of halogens is 1. The van der Waals surface area contributed by atoms with Gasteiger partial charge in [-0.05, 0) is 61.4 Å². The molecule has 29 heavy (non-hydrogen) atoms. The molecule has 0 saturated carbocycles. The van der Waals surface area contributed by atoms with Gasteiger partial charge in [-0.25, -0.2) is 0 Å². The number of aromatic hydroxyl groups is 1. The normalized spacial score (nSPS) is 11.0. The maximum atomic E-state index is 13.2. The molecule has 0 aliphatic heterocycles. The molecule has 0 aliphatic carbocycles. The molecule has 0 aliphatic rings. The van der Waals surface area contributed by atoms with Crippen LogP contribution in [0.1, 0.15) is 28.0 Å². The summed E-state index contributed by atoms with van der Waals surface area (Å²) in [5.41, 5.74) is 2.50. The number of fused-ring (bicyclic) bond motifs is 1. The number of phenols is 1. The van der Waals surface area contributed by atoms with E-state index >= 15 is 0 Å². The standard InChI is InChI=1S/C22H23ClN2O4/c1-14-18(13-21(27)24-10-3-11-29-2)19-12-17(26)8-9-20(19)25(14)22(28)15-4-6-16(23)7-5-15/h4-9,12,26H,3,10-11,13H2,1-2H3,(H,24,27). The molecule has 7 heteroatoms. The molecular formula is C22H23ClN2O4. The number of nitrogens with one attached hydrogen (secondary N) is 1. The van der Waals surface area contributed by atoms with Crippen molar-refractivity contribution in [3.05, 3.63) is 64.3 Å². The van der Waals surface area contributed by atoms with Crippen LogP contribution in [0.4, 0.5) is 0 Å². The third kappa shape index (κ3) is 4.60. The number of benzene rings is 2. The van der Waals surface area contributed by atoms with E-state index in [0.717, 1.165) is 6.42 Å². The molecule has 0 fully saturated rings. The number of hydrogen-bond acceptors (Lipinski definition) is 4. The Bertz CT molecular complexity index is 1040. The Balaban J connectivity index is 1.97. The van der Waals surface area contributed by atoms with E-state index < -0.39 is 0 Å². The van der Waals surface area contributed by atoms with Gasteiger partial charge in [-0.3, -0.25) is 14.2 Å². The Morgan fingerprint density at radius 3 is 2.59 bits per heavy atom. The smallest absolute Gasteiger partial charge is 0.262 e. The molecule has 1 aromatic heterocycles. The van der Waals surface area contributed by atoms with Gasteiger partial charge in [0.15, 0.2) is 0 Å². The van der Waals surface area contributed by atoms with Gasteiger partial charge in [0.05, 0.1) is 11.9 Å². The third-order valence-corrected chi connectivity index (χ3v) is 5.05. The Labute approximate surface area is 174 Å². The molecule has 2 N–H and O–H groups in total. The summed E-state index contributed by atoms with van der Waals surface area (Å²) < 4.78 is 6.56. The van der Waals surface area contributed by atoms with Gasteiger partial charge in [0, 0.05) is 41.9 Å². The average molecular weight is 415 g/mol. The molecule has 0 unspecified atom stereocenters. The van der Waals surface area contributed by atoms with Gasteiger partial charge in [0.2, 0.25) is 5.91 Å². The summed E-state index contributed by atoms with van der Waals surface area (Å²) in [5.74, 6) is -0.289. The van der Waals surface area contributed by atoms with Crippen LogP contribution < -0.4 is 5.32 Å². The van der Waals surface area contributed by atoms with Gasteiger partial charge < -0.3 is 15.2 Å². The van der Waals surface area contributed by atoms with Crippen molar-refractivity contribution >= 4 is 34.3 Å². The van der Waals surface area contributed by atoms with E-state index in [2.05, 4.69) is 5.32 Å². The lowest BCUT2D eigenvalue weighted by molar-refractivity contribution is -0.120. The molecule has 3 rings (SSSR count). The highest BCUT2D eigenvalue weighted by Crippen LogP contribution is 2.30. The molecule has 0 bridgehead atoms. The number of carbonyl (C=O) groups excluding carboxylic acids is 2. The first kappa shape index (κ1) is 20.9. The molecule has 0 radical (unpaired) electrons. The van der Waals surface area contributed by atoms with Crippen molar-refractivity contribution in [3.8, 4) is 5.75 Å². The van der Waals surface area contributed by atoms with E-state index in [1.807, 2.05) is 0 Å². The lowest BCUT2D eigenvalue weighted by atomic mass is 10.1. The van der Waals surface area contributed by atoms with Crippen LogP contribution in [0.5, 0.6) is 5.75 Å². The quantitative estimate of drug-likeness (QED) is 0.578. The lowest BCUT2D eigenvalue weighted by Crippen LogP contribution is -2.27. The molecule has 2 aromatic carbocycles. The van der Waals surface area contributed by atoms with E-state index in [1.165, 1.54) is 6.07 Å². The number of carbonyl (C=O) groups is 2. The molecule has 6 nitrogen and oxygen atoms in total. The van der Waals surface area contributed by atoms with Crippen LogP contribution in [0.15, 0.2) is 42.5 Å². The van der Waals surface area contributed by atoms with E-state index in [1.54, 1.807) is 55.0 Å². The molecule has 1 amide bonds. The first-order valence-corrected chi connectivity index (χ1v) is 9.69. The monoisotopic (exact) mass is 414 g/mol. The average Bonchev–Trinajstić information content (AvgIpc) is 2.96. The summed E-state index contributed by atoms with van der Waals surface area (Å²) >= 11 is 5.93. The maximum Gasteiger partial charge on any atom is 0.262 e. The summed E-state index contributed by atoms with van der Waals surface area (Å²) in [6, 6.07) is 11.5.